The van der Waals surface area contributed by atoms with Crippen molar-refractivity contribution in [1.82, 2.24) is 9.88 Å². The third kappa shape index (κ3) is 3.10. The van der Waals surface area contributed by atoms with Crippen molar-refractivity contribution >= 4 is 34.5 Å². The van der Waals surface area contributed by atoms with Crippen molar-refractivity contribution in [3.05, 3.63) is 95.2 Å². The predicted octanol–water partition coefficient (Wildman–Crippen LogP) is 4.36. The molecule has 1 saturated heterocycles. The first-order chi connectivity index (χ1) is 17.0. The summed E-state index contributed by atoms with van der Waals surface area (Å²) in [5.74, 6) is -0.701. The second-order valence-corrected chi connectivity index (χ2v) is 8.67. The average Bonchev–Trinajstić information content (AvgIpc) is 3.37. The molecular weight excluding hydrogens is 446 g/mol. The molecule has 0 spiro atoms. The first-order valence-electron chi connectivity index (χ1n) is 11.2. The SMILES string of the molecule is COc1ccc(C2c3[nH]c4ccccc4c3C[C@H]3C(=O)N(c4ccc(C(=O)O)cc4)C(=O)N23)cc1. The van der Waals surface area contributed by atoms with Crippen LogP contribution in [-0.2, 0) is 11.2 Å². The van der Waals surface area contributed by atoms with Gasteiger partial charge in [0.2, 0.25) is 0 Å². The Morgan fingerprint density at radius 1 is 1.00 bits per heavy atom. The van der Waals surface area contributed by atoms with Crippen LogP contribution in [0.4, 0.5) is 10.5 Å². The van der Waals surface area contributed by atoms with Crippen LogP contribution in [0, 0.1) is 0 Å². The summed E-state index contributed by atoms with van der Waals surface area (Å²) in [5.41, 5.74) is 4.15. The van der Waals surface area contributed by atoms with Crippen LogP contribution >= 0.6 is 0 Å². The topological polar surface area (TPSA) is 103 Å². The number of carbonyl (C=O) groups excluding carboxylic acids is 2. The minimum atomic E-state index is -1.07. The molecule has 2 aliphatic heterocycles. The van der Waals surface area contributed by atoms with Gasteiger partial charge >= 0.3 is 12.0 Å². The van der Waals surface area contributed by atoms with Crippen LogP contribution in [0.3, 0.4) is 0 Å². The number of nitrogens with one attached hydrogen (secondary N) is 1. The number of imide groups is 1. The van der Waals surface area contributed by atoms with E-state index in [-0.39, 0.29) is 11.5 Å². The molecule has 0 saturated carbocycles. The van der Waals surface area contributed by atoms with Crippen LogP contribution in [0.1, 0.15) is 33.2 Å². The Kier molecular flexibility index (Phi) is 4.63. The lowest BCUT2D eigenvalue weighted by Crippen LogP contribution is -2.44. The lowest BCUT2D eigenvalue weighted by molar-refractivity contribution is -0.120. The van der Waals surface area contributed by atoms with E-state index in [0.29, 0.717) is 17.9 Å². The number of benzene rings is 3. The van der Waals surface area contributed by atoms with Crippen molar-refractivity contribution in [2.45, 2.75) is 18.5 Å². The number of aromatic carboxylic acids is 1. The van der Waals surface area contributed by atoms with Gasteiger partial charge in [-0.05, 0) is 53.6 Å². The van der Waals surface area contributed by atoms with Crippen LogP contribution < -0.4 is 9.64 Å². The maximum Gasteiger partial charge on any atom is 0.335 e. The molecule has 8 heteroatoms. The summed E-state index contributed by atoms with van der Waals surface area (Å²) in [7, 11) is 1.59. The van der Waals surface area contributed by atoms with Gasteiger partial charge in [-0.15, -0.1) is 0 Å². The number of aromatic nitrogens is 1. The molecule has 8 nitrogen and oxygen atoms in total. The number of carboxylic acid groups (broad SMARTS) is 1. The third-order valence-corrected chi connectivity index (χ3v) is 6.85. The van der Waals surface area contributed by atoms with Gasteiger partial charge in [0.15, 0.2) is 0 Å². The lowest BCUT2D eigenvalue weighted by atomic mass is 9.89. The van der Waals surface area contributed by atoms with E-state index in [0.717, 1.165) is 32.6 Å². The average molecular weight is 467 g/mol. The molecule has 4 aromatic rings. The van der Waals surface area contributed by atoms with E-state index >= 15 is 0 Å². The van der Waals surface area contributed by atoms with E-state index in [1.54, 1.807) is 12.0 Å². The monoisotopic (exact) mass is 467 g/mol. The maximum atomic E-state index is 13.8. The fourth-order valence-electron chi connectivity index (χ4n) is 5.20. The van der Waals surface area contributed by atoms with Crippen molar-refractivity contribution in [3.8, 4) is 5.75 Å². The van der Waals surface area contributed by atoms with E-state index in [2.05, 4.69) is 4.98 Å². The molecule has 2 aliphatic rings. The molecule has 1 aromatic heterocycles. The quantitative estimate of drug-likeness (QED) is 0.434. The van der Waals surface area contributed by atoms with Gasteiger partial charge in [-0.25, -0.2) is 14.5 Å². The summed E-state index contributed by atoms with van der Waals surface area (Å²) < 4.78 is 5.31. The van der Waals surface area contributed by atoms with Gasteiger partial charge in [-0.2, -0.15) is 0 Å². The molecule has 2 N–H and O–H groups in total. The Hall–Kier alpha value is -4.59. The Balaban J connectivity index is 1.49. The molecule has 3 amide bonds. The molecule has 174 valence electrons. The Morgan fingerprint density at radius 2 is 1.71 bits per heavy atom. The van der Waals surface area contributed by atoms with Crippen LogP contribution in [0.15, 0.2) is 72.8 Å². The van der Waals surface area contributed by atoms with Crippen molar-refractivity contribution in [2.24, 2.45) is 0 Å². The Labute approximate surface area is 200 Å². The highest BCUT2D eigenvalue weighted by Crippen LogP contribution is 2.45. The van der Waals surface area contributed by atoms with Gasteiger partial charge in [0.25, 0.3) is 5.91 Å². The zero-order valence-electron chi connectivity index (χ0n) is 18.8. The molecule has 3 heterocycles. The molecule has 0 radical (unpaired) electrons. The number of carbonyl (C=O) groups is 3. The largest absolute Gasteiger partial charge is 0.497 e. The number of H-pyrrole nitrogens is 1. The minimum absolute atomic E-state index is 0.0862. The number of carboxylic acids is 1. The third-order valence-electron chi connectivity index (χ3n) is 6.85. The molecule has 2 atom stereocenters. The van der Waals surface area contributed by atoms with Gasteiger partial charge in [0.1, 0.15) is 17.8 Å². The van der Waals surface area contributed by atoms with Crippen LogP contribution in [0.25, 0.3) is 10.9 Å². The van der Waals surface area contributed by atoms with E-state index < -0.39 is 24.1 Å². The van der Waals surface area contributed by atoms with Crippen molar-refractivity contribution in [1.29, 1.82) is 0 Å². The zero-order chi connectivity index (χ0) is 24.3. The summed E-state index contributed by atoms with van der Waals surface area (Å²) in [5, 5.41) is 10.2. The van der Waals surface area contributed by atoms with Crippen molar-refractivity contribution in [3.63, 3.8) is 0 Å². The van der Waals surface area contributed by atoms with Crippen molar-refractivity contribution < 1.29 is 24.2 Å². The number of rotatable bonds is 4. The van der Waals surface area contributed by atoms with Gasteiger partial charge < -0.3 is 14.8 Å². The lowest BCUT2D eigenvalue weighted by Gasteiger charge is -2.36. The first-order valence-corrected chi connectivity index (χ1v) is 11.2. The molecule has 35 heavy (non-hydrogen) atoms. The summed E-state index contributed by atoms with van der Waals surface area (Å²) in [6.07, 6.45) is 0.389. The Bertz CT molecular complexity index is 1490. The number of para-hydroxylation sites is 1. The number of fused-ring (bicyclic) bond motifs is 4. The molecule has 0 bridgehead atoms. The summed E-state index contributed by atoms with van der Waals surface area (Å²) in [4.78, 5) is 44.9. The predicted molar refractivity (Wildman–Crippen MR) is 129 cm³/mol. The number of aromatic amines is 1. The summed E-state index contributed by atoms with van der Waals surface area (Å²) in [6, 6.07) is 19.6. The van der Waals surface area contributed by atoms with Crippen molar-refractivity contribution in [2.75, 3.05) is 12.0 Å². The van der Waals surface area contributed by atoms with Crippen LogP contribution in [0.5, 0.6) is 5.75 Å². The number of nitrogens with zero attached hydrogens (tertiary/aromatic N) is 2. The van der Waals surface area contributed by atoms with Gasteiger partial charge in [-0.3, -0.25) is 9.69 Å². The second-order valence-electron chi connectivity index (χ2n) is 8.67. The second kappa shape index (κ2) is 7.73. The van der Waals surface area contributed by atoms with E-state index in [4.69, 9.17) is 4.74 Å². The zero-order valence-corrected chi connectivity index (χ0v) is 18.8. The Morgan fingerprint density at radius 3 is 2.40 bits per heavy atom. The maximum absolute atomic E-state index is 13.8. The van der Waals surface area contributed by atoms with Gasteiger partial charge in [0, 0.05) is 23.0 Å². The molecule has 0 aliphatic carbocycles. The number of hydrogen-bond acceptors (Lipinski definition) is 4. The highest BCUT2D eigenvalue weighted by molar-refractivity contribution is 6.22. The van der Waals surface area contributed by atoms with E-state index in [1.807, 2.05) is 48.5 Å². The number of ether oxygens (including phenoxy) is 1. The standard InChI is InChI=1S/C27H21N3O5/c1-35-18-12-8-15(9-13-18)24-23-20(19-4-2-3-5-21(19)28-23)14-22-25(31)29(27(34)30(22)24)17-10-6-16(7-11-17)26(32)33/h2-13,22,24,28H,14H2,1H3,(H,32,33)/t22-,24?/m0/s1. The van der Waals surface area contributed by atoms with Gasteiger partial charge in [-0.1, -0.05) is 30.3 Å². The number of urea groups is 1. The molecule has 1 unspecified atom stereocenters. The smallest absolute Gasteiger partial charge is 0.335 e. The highest BCUT2D eigenvalue weighted by Gasteiger charge is 2.53. The number of amides is 3. The van der Waals surface area contributed by atoms with Gasteiger partial charge in [0.05, 0.1) is 18.4 Å². The molecular formula is C27H21N3O5. The number of hydrogen-bond donors (Lipinski definition) is 2. The molecule has 6 rings (SSSR count). The van der Waals surface area contributed by atoms with Crippen LogP contribution in [0.2, 0.25) is 0 Å². The summed E-state index contributed by atoms with van der Waals surface area (Å²) >= 11 is 0. The molecule has 3 aromatic carbocycles. The molecule has 1 fully saturated rings. The summed E-state index contributed by atoms with van der Waals surface area (Å²) in [6.45, 7) is 0. The fourth-order valence-corrected chi connectivity index (χ4v) is 5.20. The minimum Gasteiger partial charge on any atom is -0.497 e. The number of anilines is 1. The van der Waals surface area contributed by atoms with E-state index in [1.165, 1.54) is 24.3 Å². The van der Waals surface area contributed by atoms with Crippen LogP contribution in [-0.4, -0.2) is 46.0 Å². The number of methoxy groups -OCH3 is 1. The fraction of sp³-hybridized carbons (Fsp3) is 0.148. The van der Waals surface area contributed by atoms with E-state index in [9.17, 15) is 19.5 Å². The first kappa shape index (κ1) is 21.0. The highest BCUT2D eigenvalue weighted by atomic mass is 16.5. The normalized spacial score (nSPS) is 19.1.